The molecule has 1 amide bonds. The second-order valence-electron chi connectivity index (χ2n) is 6.25. The topological polar surface area (TPSA) is 89.6 Å². The van der Waals surface area contributed by atoms with E-state index in [1.54, 1.807) is 18.2 Å². The number of nitrogens with one attached hydrogen (secondary N) is 2. The number of carbonyl (C=O) groups excluding carboxylic acids is 1. The molecule has 2 N–H and O–H groups in total. The quantitative estimate of drug-likeness (QED) is 0.596. The van der Waals surface area contributed by atoms with Crippen LogP contribution >= 0.6 is 11.6 Å². The molecule has 7 heteroatoms. The molecule has 0 heterocycles. The number of nitriles is 1. The lowest BCUT2D eigenvalue weighted by atomic mass is 9.92. The second kappa shape index (κ2) is 8.98. The summed E-state index contributed by atoms with van der Waals surface area (Å²) in [4.78, 5) is 12.1. The van der Waals surface area contributed by atoms with Crippen molar-refractivity contribution in [3.63, 3.8) is 0 Å². The van der Waals surface area contributed by atoms with Crippen LogP contribution in [0.4, 0.5) is 5.69 Å². The minimum Gasteiger partial charge on any atom is -0.277 e. The van der Waals surface area contributed by atoms with E-state index >= 15 is 0 Å². The number of aryl methyl sites for hydroxylation is 2. The zero-order valence-corrected chi connectivity index (χ0v) is 16.0. The molecule has 6 nitrogen and oxygen atoms in total. The van der Waals surface area contributed by atoms with Crippen molar-refractivity contribution in [1.82, 2.24) is 5.43 Å². The van der Waals surface area contributed by atoms with Gasteiger partial charge in [0.05, 0.1) is 16.9 Å². The van der Waals surface area contributed by atoms with E-state index < -0.39 is 5.91 Å². The first-order chi connectivity index (χ1) is 13.6. The van der Waals surface area contributed by atoms with Crippen LogP contribution in [-0.2, 0) is 11.2 Å². The van der Waals surface area contributed by atoms with E-state index in [2.05, 4.69) is 21.1 Å². The molecule has 28 heavy (non-hydrogen) atoms. The molecule has 1 aliphatic rings. The van der Waals surface area contributed by atoms with Crippen molar-refractivity contribution in [2.24, 2.45) is 10.2 Å². The summed E-state index contributed by atoms with van der Waals surface area (Å²) in [5, 5.41) is 17.5. The molecule has 1 aliphatic carbocycles. The third-order valence-corrected chi connectivity index (χ3v) is 4.70. The Morgan fingerprint density at radius 2 is 1.93 bits per heavy atom. The molecule has 0 unspecified atom stereocenters. The number of carbonyl (C=O) groups is 1. The number of hydrazone groups is 2. The molecule has 2 aromatic carbocycles. The van der Waals surface area contributed by atoms with Crippen LogP contribution in [0.5, 0.6) is 0 Å². The van der Waals surface area contributed by atoms with Gasteiger partial charge in [0.25, 0.3) is 0 Å². The van der Waals surface area contributed by atoms with Crippen LogP contribution in [0.3, 0.4) is 0 Å². The van der Waals surface area contributed by atoms with Crippen molar-refractivity contribution >= 4 is 40.2 Å². The standard InChI is InChI=1S/C21H18ClN5O/c1-14-6-10-17(11-7-14)25-26-19(12-23)21(28)27-24-13-16-9-8-15-4-2-3-5-18(15)20(16)22/h2-7,10-11,13,25H,8-9H2,1H3,(H,27,28)/b24-13+,26-19+. The minimum absolute atomic E-state index is 0.327. The Kier molecular flexibility index (Phi) is 6.20. The summed E-state index contributed by atoms with van der Waals surface area (Å²) in [5.74, 6) is -0.703. The second-order valence-corrected chi connectivity index (χ2v) is 6.62. The summed E-state index contributed by atoms with van der Waals surface area (Å²) in [6.07, 6.45) is 3.09. The van der Waals surface area contributed by atoms with Crippen molar-refractivity contribution in [3.8, 4) is 6.07 Å². The Morgan fingerprint density at radius 3 is 2.68 bits per heavy atom. The van der Waals surface area contributed by atoms with Crippen LogP contribution in [-0.4, -0.2) is 17.8 Å². The molecule has 0 fully saturated rings. The lowest BCUT2D eigenvalue weighted by Gasteiger charge is -2.17. The summed E-state index contributed by atoms with van der Waals surface area (Å²) >= 11 is 6.44. The van der Waals surface area contributed by atoms with Gasteiger partial charge in [0.15, 0.2) is 0 Å². The summed E-state index contributed by atoms with van der Waals surface area (Å²) in [5.41, 5.74) is 9.44. The molecule has 0 aromatic heterocycles. The fourth-order valence-electron chi connectivity index (χ4n) is 2.72. The minimum atomic E-state index is -0.703. The highest BCUT2D eigenvalue weighted by Crippen LogP contribution is 2.32. The SMILES string of the molecule is Cc1ccc(N/N=C(\C#N)C(=O)N/N=C/C2=C(Cl)c3ccccc3CC2)cc1. The summed E-state index contributed by atoms with van der Waals surface area (Å²) in [6, 6.07) is 17.1. The fraction of sp³-hybridized carbons (Fsp3) is 0.143. The van der Waals surface area contributed by atoms with Crippen LogP contribution in [0.1, 0.15) is 23.1 Å². The predicted molar refractivity (Wildman–Crippen MR) is 112 cm³/mol. The first kappa shape index (κ1) is 19.3. The van der Waals surface area contributed by atoms with Crippen LogP contribution in [0.2, 0.25) is 0 Å². The molecule has 3 rings (SSSR count). The van der Waals surface area contributed by atoms with E-state index in [0.29, 0.717) is 10.7 Å². The largest absolute Gasteiger partial charge is 0.302 e. The Morgan fingerprint density at radius 1 is 1.18 bits per heavy atom. The van der Waals surface area contributed by atoms with E-state index in [4.69, 9.17) is 16.9 Å². The smallest absolute Gasteiger partial charge is 0.277 e. The number of halogens is 1. The van der Waals surface area contributed by atoms with Gasteiger partial charge in [-0.15, -0.1) is 0 Å². The molecular weight excluding hydrogens is 374 g/mol. The van der Waals surface area contributed by atoms with Crippen molar-refractivity contribution < 1.29 is 4.79 Å². The van der Waals surface area contributed by atoms with Gasteiger partial charge in [-0.05, 0) is 48.6 Å². The van der Waals surface area contributed by atoms with Gasteiger partial charge in [-0.1, -0.05) is 53.6 Å². The fourth-order valence-corrected chi connectivity index (χ4v) is 3.05. The molecule has 0 spiro atoms. The molecule has 0 radical (unpaired) electrons. The molecule has 0 saturated heterocycles. The molecule has 0 atom stereocenters. The molecule has 0 aliphatic heterocycles. The highest BCUT2D eigenvalue weighted by molar-refractivity contribution is 6.51. The van der Waals surface area contributed by atoms with E-state index in [9.17, 15) is 4.79 Å². The van der Waals surface area contributed by atoms with Gasteiger partial charge in [0.2, 0.25) is 5.71 Å². The van der Waals surface area contributed by atoms with Crippen molar-refractivity contribution in [2.45, 2.75) is 19.8 Å². The summed E-state index contributed by atoms with van der Waals surface area (Å²) in [6.45, 7) is 1.96. The van der Waals surface area contributed by atoms with E-state index in [1.165, 1.54) is 11.8 Å². The van der Waals surface area contributed by atoms with Gasteiger partial charge in [-0.25, -0.2) is 5.43 Å². The maximum absolute atomic E-state index is 12.1. The average Bonchev–Trinajstić information content (AvgIpc) is 2.71. The zero-order chi connectivity index (χ0) is 19.9. The number of fused-ring (bicyclic) bond motifs is 1. The van der Waals surface area contributed by atoms with E-state index in [0.717, 1.165) is 29.5 Å². The first-order valence-electron chi connectivity index (χ1n) is 8.69. The van der Waals surface area contributed by atoms with E-state index in [-0.39, 0.29) is 5.71 Å². The lowest BCUT2D eigenvalue weighted by Crippen LogP contribution is -2.27. The zero-order valence-electron chi connectivity index (χ0n) is 15.2. The number of rotatable bonds is 5. The third-order valence-electron chi connectivity index (χ3n) is 4.26. The Labute approximate surface area is 168 Å². The highest BCUT2D eigenvalue weighted by atomic mass is 35.5. The maximum atomic E-state index is 12.1. The molecule has 2 aromatic rings. The Balaban J connectivity index is 1.64. The van der Waals surface area contributed by atoms with Crippen molar-refractivity contribution in [3.05, 3.63) is 70.8 Å². The number of nitrogens with zero attached hydrogens (tertiary/aromatic N) is 3. The van der Waals surface area contributed by atoms with Crippen LogP contribution in [0.15, 0.2) is 64.3 Å². The molecule has 140 valence electrons. The molecular formula is C21H18ClN5O. The summed E-state index contributed by atoms with van der Waals surface area (Å²) < 4.78 is 0. The third kappa shape index (κ3) is 4.64. The molecule has 0 bridgehead atoms. The van der Waals surface area contributed by atoms with E-state index in [1.807, 2.05) is 43.3 Å². The van der Waals surface area contributed by atoms with Gasteiger partial charge in [0.1, 0.15) is 6.07 Å². The van der Waals surface area contributed by atoms with Crippen LogP contribution in [0, 0.1) is 18.3 Å². The number of hydrogen-bond acceptors (Lipinski definition) is 5. The average molecular weight is 392 g/mol. The van der Waals surface area contributed by atoms with Gasteiger partial charge in [-0.2, -0.15) is 15.5 Å². The monoisotopic (exact) mass is 391 g/mol. The molecule has 0 saturated carbocycles. The first-order valence-corrected chi connectivity index (χ1v) is 9.07. The number of benzene rings is 2. The number of hydrogen-bond donors (Lipinski definition) is 2. The predicted octanol–water partition coefficient (Wildman–Crippen LogP) is 3.98. The van der Waals surface area contributed by atoms with Crippen LogP contribution in [0.25, 0.3) is 5.03 Å². The summed E-state index contributed by atoms with van der Waals surface area (Å²) in [7, 11) is 0. The van der Waals surface area contributed by atoms with Gasteiger partial charge < -0.3 is 0 Å². The number of anilines is 1. The van der Waals surface area contributed by atoms with Gasteiger partial charge in [0, 0.05) is 0 Å². The Bertz CT molecular complexity index is 1020. The number of amides is 1. The van der Waals surface area contributed by atoms with Gasteiger partial charge in [-0.3, -0.25) is 10.2 Å². The lowest BCUT2D eigenvalue weighted by molar-refractivity contribution is -0.114. The Hall–Kier alpha value is -3.43. The van der Waals surface area contributed by atoms with Crippen molar-refractivity contribution in [2.75, 3.05) is 5.43 Å². The maximum Gasteiger partial charge on any atom is 0.302 e. The van der Waals surface area contributed by atoms with Crippen LogP contribution < -0.4 is 10.9 Å². The normalized spacial score (nSPS) is 13.8. The van der Waals surface area contributed by atoms with Crippen molar-refractivity contribution in [1.29, 1.82) is 5.26 Å². The highest BCUT2D eigenvalue weighted by Gasteiger charge is 2.16. The number of allylic oxidation sites excluding steroid dienone is 1. The van der Waals surface area contributed by atoms with Gasteiger partial charge >= 0.3 is 5.91 Å².